The summed E-state index contributed by atoms with van der Waals surface area (Å²) >= 11 is 1.43. The van der Waals surface area contributed by atoms with Crippen molar-refractivity contribution < 1.29 is 9.18 Å². The number of thioether (sulfide) groups is 1. The molecule has 1 amide bonds. The van der Waals surface area contributed by atoms with Crippen molar-refractivity contribution >= 4 is 23.4 Å². The van der Waals surface area contributed by atoms with E-state index in [1.807, 2.05) is 60.7 Å². The molecule has 0 unspecified atom stereocenters. The molecule has 4 heteroatoms. The van der Waals surface area contributed by atoms with Crippen molar-refractivity contribution in [3.8, 4) is 0 Å². The molecule has 0 aromatic heterocycles. The van der Waals surface area contributed by atoms with Gasteiger partial charge in [-0.15, -0.1) is 0 Å². The monoisotopic (exact) mass is 335 g/mol. The zero-order valence-electron chi connectivity index (χ0n) is 12.7. The van der Waals surface area contributed by atoms with Gasteiger partial charge in [-0.25, -0.2) is 4.39 Å². The van der Waals surface area contributed by atoms with Crippen LogP contribution in [0.5, 0.6) is 0 Å². The van der Waals surface area contributed by atoms with E-state index in [9.17, 15) is 9.18 Å². The maximum absolute atomic E-state index is 13.9. The molecule has 2 nitrogen and oxygen atoms in total. The number of amides is 1. The van der Waals surface area contributed by atoms with E-state index in [0.717, 1.165) is 10.5 Å². The van der Waals surface area contributed by atoms with Crippen LogP contribution in [0.3, 0.4) is 0 Å². The molecule has 0 saturated carbocycles. The normalized spacial score (nSPS) is 19.0. The first-order valence-corrected chi connectivity index (χ1v) is 8.43. The molecule has 0 radical (unpaired) electrons. The van der Waals surface area contributed by atoms with E-state index in [1.165, 1.54) is 23.9 Å². The van der Waals surface area contributed by atoms with Crippen LogP contribution in [-0.2, 0) is 9.54 Å². The number of carbonyl (C=O) groups excluding carboxylic acids is 1. The number of benzene rings is 3. The Balaban J connectivity index is 1.96. The Hall–Kier alpha value is -2.59. The van der Waals surface area contributed by atoms with E-state index in [1.54, 1.807) is 6.07 Å². The molecule has 24 heavy (non-hydrogen) atoms. The van der Waals surface area contributed by atoms with Crippen LogP contribution < -0.4 is 5.32 Å². The molecule has 0 aliphatic carbocycles. The van der Waals surface area contributed by atoms with Crippen LogP contribution in [0.15, 0.2) is 83.8 Å². The van der Waals surface area contributed by atoms with Crippen LogP contribution in [0.1, 0.15) is 11.1 Å². The minimum absolute atomic E-state index is 0.150. The number of carbonyl (C=O) groups is 1. The number of nitrogens with one attached hydrogen (secondary N) is 1. The first kappa shape index (κ1) is 15.0. The van der Waals surface area contributed by atoms with Gasteiger partial charge in [0, 0.05) is 16.1 Å². The second-order valence-corrected chi connectivity index (χ2v) is 6.89. The van der Waals surface area contributed by atoms with Crippen LogP contribution in [-0.4, -0.2) is 5.91 Å². The van der Waals surface area contributed by atoms with E-state index in [0.29, 0.717) is 11.3 Å². The van der Waals surface area contributed by atoms with Crippen molar-refractivity contribution in [2.24, 2.45) is 0 Å². The number of fused-ring (bicyclic) bond motifs is 1. The lowest BCUT2D eigenvalue weighted by atomic mass is 9.91. The molecule has 0 spiro atoms. The Morgan fingerprint density at radius 1 is 0.875 bits per heavy atom. The van der Waals surface area contributed by atoms with Gasteiger partial charge in [0.05, 0.1) is 0 Å². The summed E-state index contributed by atoms with van der Waals surface area (Å²) in [6.45, 7) is 0. The van der Waals surface area contributed by atoms with Gasteiger partial charge in [0.2, 0.25) is 5.91 Å². The fourth-order valence-electron chi connectivity index (χ4n) is 3.03. The lowest BCUT2D eigenvalue weighted by molar-refractivity contribution is -0.117. The summed E-state index contributed by atoms with van der Waals surface area (Å²) in [6.07, 6.45) is 0. The summed E-state index contributed by atoms with van der Waals surface area (Å²) in [5.41, 5.74) is 2.15. The van der Waals surface area contributed by atoms with E-state index in [2.05, 4.69) is 5.32 Å². The van der Waals surface area contributed by atoms with Crippen molar-refractivity contribution in [2.75, 3.05) is 5.32 Å². The highest BCUT2D eigenvalue weighted by Crippen LogP contribution is 2.53. The number of hydrogen-bond acceptors (Lipinski definition) is 2. The van der Waals surface area contributed by atoms with Crippen molar-refractivity contribution in [1.29, 1.82) is 0 Å². The van der Waals surface area contributed by atoms with Gasteiger partial charge in [0.15, 0.2) is 4.75 Å². The van der Waals surface area contributed by atoms with Gasteiger partial charge in [-0.2, -0.15) is 0 Å². The van der Waals surface area contributed by atoms with E-state index < -0.39 is 4.75 Å². The smallest absolute Gasteiger partial charge is 0.250 e. The average Bonchev–Trinajstić information content (AvgIpc) is 2.89. The molecule has 3 aromatic carbocycles. The standard InChI is InChI=1S/C20H14FNOS/c21-15-11-12-18-17(13-15)20(19(23)22-18,14-7-3-1-4-8-14)24-16-9-5-2-6-10-16/h1-13H,(H,22,23)/t20-/m1/s1. The molecule has 1 atom stereocenters. The summed E-state index contributed by atoms with van der Waals surface area (Å²) in [4.78, 5) is 14.0. The van der Waals surface area contributed by atoms with Crippen LogP contribution in [0, 0.1) is 5.82 Å². The van der Waals surface area contributed by atoms with Crippen molar-refractivity contribution in [3.05, 3.63) is 95.8 Å². The number of hydrogen-bond donors (Lipinski definition) is 1. The summed E-state index contributed by atoms with van der Waals surface area (Å²) in [7, 11) is 0. The van der Waals surface area contributed by atoms with E-state index in [-0.39, 0.29) is 11.7 Å². The number of rotatable bonds is 3. The molecule has 118 valence electrons. The second kappa shape index (κ2) is 5.80. The van der Waals surface area contributed by atoms with Crippen LogP contribution in [0.2, 0.25) is 0 Å². The Morgan fingerprint density at radius 2 is 1.54 bits per heavy atom. The molecule has 1 N–H and O–H groups in total. The van der Waals surface area contributed by atoms with Crippen molar-refractivity contribution in [1.82, 2.24) is 0 Å². The van der Waals surface area contributed by atoms with Gasteiger partial charge in [-0.3, -0.25) is 4.79 Å². The molecular formula is C20H14FNOS. The SMILES string of the molecule is O=C1Nc2ccc(F)cc2[C@]1(Sc1ccccc1)c1ccccc1. The molecule has 1 aliphatic rings. The minimum atomic E-state index is -1.000. The Kier molecular flexibility index (Phi) is 3.62. The summed E-state index contributed by atoms with van der Waals surface area (Å²) in [5.74, 6) is -0.498. The van der Waals surface area contributed by atoms with Gasteiger partial charge < -0.3 is 5.32 Å². The maximum atomic E-state index is 13.9. The summed E-state index contributed by atoms with van der Waals surface area (Å²) < 4.78 is 12.9. The molecular weight excluding hydrogens is 321 g/mol. The van der Waals surface area contributed by atoms with E-state index >= 15 is 0 Å². The molecule has 0 fully saturated rings. The third kappa shape index (κ3) is 2.31. The van der Waals surface area contributed by atoms with Crippen LogP contribution >= 0.6 is 11.8 Å². The lowest BCUT2D eigenvalue weighted by Crippen LogP contribution is -2.32. The molecule has 1 heterocycles. The van der Waals surface area contributed by atoms with Crippen molar-refractivity contribution in [2.45, 2.75) is 9.64 Å². The molecule has 1 aliphatic heterocycles. The predicted octanol–water partition coefficient (Wildman–Crippen LogP) is 4.81. The van der Waals surface area contributed by atoms with Crippen LogP contribution in [0.4, 0.5) is 10.1 Å². The molecule has 4 rings (SSSR count). The first-order chi connectivity index (χ1) is 11.7. The van der Waals surface area contributed by atoms with Gasteiger partial charge in [-0.1, -0.05) is 60.3 Å². The first-order valence-electron chi connectivity index (χ1n) is 7.61. The molecule has 3 aromatic rings. The number of halogens is 1. The third-order valence-electron chi connectivity index (χ3n) is 4.12. The minimum Gasteiger partial charge on any atom is -0.324 e. The highest BCUT2D eigenvalue weighted by atomic mass is 32.2. The van der Waals surface area contributed by atoms with E-state index in [4.69, 9.17) is 0 Å². The van der Waals surface area contributed by atoms with Gasteiger partial charge in [0.1, 0.15) is 5.82 Å². The van der Waals surface area contributed by atoms with Crippen molar-refractivity contribution in [3.63, 3.8) is 0 Å². The quantitative estimate of drug-likeness (QED) is 0.744. The highest BCUT2D eigenvalue weighted by Gasteiger charge is 2.49. The maximum Gasteiger partial charge on any atom is 0.250 e. The van der Waals surface area contributed by atoms with Crippen LogP contribution in [0.25, 0.3) is 0 Å². The second-order valence-electron chi connectivity index (χ2n) is 5.61. The molecule has 0 saturated heterocycles. The average molecular weight is 335 g/mol. The predicted molar refractivity (Wildman–Crippen MR) is 94.6 cm³/mol. The number of anilines is 1. The summed E-state index contributed by atoms with van der Waals surface area (Å²) in [5, 5.41) is 2.91. The lowest BCUT2D eigenvalue weighted by Gasteiger charge is -2.27. The Morgan fingerprint density at radius 3 is 2.25 bits per heavy atom. The van der Waals surface area contributed by atoms with Gasteiger partial charge in [0.25, 0.3) is 0 Å². The Bertz CT molecular complexity index is 898. The highest BCUT2D eigenvalue weighted by molar-refractivity contribution is 8.01. The zero-order valence-corrected chi connectivity index (χ0v) is 13.5. The Labute approximate surface area is 143 Å². The zero-order chi connectivity index (χ0) is 16.6. The molecule has 0 bridgehead atoms. The third-order valence-corrected chi connectivity index (χ3v) is 5.58. The largest absolute Gasteiger partial charge is 0.324 e. The fourth-order valence-corrected chi connectivity index (χ4v) is 4.36. The topological polar surface area (TPSA) is 29.1 Å². The van der Waals surface area contributed by atoms with Gasteiger partial charge >= 0.3 is 0 Å². The fraction of sp³-hybridized carbons (Fsp3) is 0.0500. The summed E-state index contributed by atoms with van der Waals surface area (Å²) in [6, 6.07) is 23.7. The van der Waals surface area contributed by atoms with Gasteiger partial charge in [-0.05, 0) is 35.9 Å².